The quantitative estimate of drug-likeness (QED) is 0.681. The lowest BCUT2D eigenvalue weighted by Crippen LogP contribution is -2.38. The molecule has 2 aromatic heterocycles. The van der Waals surface area contributed by atoms with Crippen molar-refractivity contribution in [2.75, 3.05) is 11.9 Å². The number of fused-ring (bicyclic) bond motifs is 2. The van der Waals surface area contributed by atoms with Crippen LogP contribution in [0.3, 0.4) is 0 Å². The number of pyridine rings is 1. The predicted molar refractivity (Wildman–Crippen MR) is 114 cm³/mol. The SMILES string of the molecule is O=C(Nc1cccc2c1CCC2)c1c2c(c[nH]c1=O)CN(C(=O)c1cncs1)CC2. The Bertz CT molecular complexity index is 1200. The lowest BCUT2D eigenvalue weighted by molar-refractivity contribution is 0.0739. The first-order valence-electron chi connectivity index (χ1n) is 9.95. The van der Waals surface area contributed by atoms with E-state index in [1.165, 1.54) is 16.9 Å². The summed E-state index contributed by atoms with van der Waals surface area (Å²) in [5.74, 6) is -0.476. The van der Waals surface area contributed by atoms with Gasteiger partial charge in [-0.25, -0.2) is 0 Å². The summed E-state index contributed by atoms with van der Waals surface area (Å²) >= 11 is 1.30. The number of nitrogens with one attached hydrogen (secondary N) is 2. The second kappa shape index (κ2) is 7.53. The zero-order valence-electron chi connectivity index (χ0n) is 16.2. The van der Waals surface area contributed by atoms with Crippen molar-refractivity contribution in [1.82, 2.24) is 14.9 Å². The fourth-order valence-corrected chi connectivity index (χ4v) is 4.97. The number of carbonyl (C=O) groups is 2. The normalized spacial score (nSPS) is 14.9. The molecule has 0 unspecified atom stereocenters. The average molecular weight is 420 g/mol. The van der Waals surface area contributed by atoms with Crippen molar-refractivity contribution in [3.8, 4) is 0 Å². The number of benzene rings is 1. The molecule has 1 aliphatic carbocycles. The van der Waals surface area contributed by atoms with E-state index in [4.69, 9.17) is 0 Å². The van der Waals surface area contributed by atoms with Gasteiger partial charge in [0, 0.05) is 25.0 Å². The molecule has 3 aromatic rings. The van der Waals surface area contributed by atoms with E-state index in [1.54, 1.807) is 22.8 Å². The van der Waals surface area contributed by atoms with E-state index in [9.17, 15) is 14.4 Å². The number of nitrogens with zero attached hydrogens (tertiary/aromatic N) is 2. The summed E-state index contributed by atoms with van der Waals surface area (Å²) in [6, 6.07) is 5.92. The van der Waals surface area contributed by atoms with E-state index in [0.29, 0.717) is 24.4 Å². The van der Waals surface area contributed by atoms with Gasteiger partial charge in [0.2, 0.25) is 0 Å². The molecule has 0 fully saturated rings. The van der Waals surface area contributed by atoms with E-state index < -0.39 is 11.5 Å². The third kappa shape index (κ3) is 3.23. The number of thiazole rings is 1. The number of hydrogen-bond donors (Lipinski definition) is 2. The monoisotopic (exact) mass is 420 g/mol. The fraction of sp³-hybridized carbons (Fsp3) is 0.273. The van der Waals surface area contributed by atoms with Gasteiger partial charge >= 0.3 is 0 Å². The van der Waals surface area contributed by atoms with Gasteiger partial charge in [0.15, 0.2) is 0 Å². The molecular formula is C22H20N4O3S. The minimum absolute atomic E-state index is 0.0831. The number of hydrogen-bond acceptors (Lipinski definition) is 5. The Morgan fingerprint density at radius 2 is 2.03 bits per heavy atom. The summed E-state index contributed by atoms with van der Waals surface area (Å²) < 4.78 is 0. The lowest BCUT2D eigenvalue weighted by atomic mass is 9.96. The minimum atomic E-state index is -0.402. The molecule has 1 aromatic carbocycles. The van der Waals surface area contributed by atoms with Crippen molar-refractivity contribution in [2.45, 2.75) is 32.2 Å². The van der Waals surface area contributed by atoms with Gasteiger partial charge in [-0.3, -0.25) is 19.4 Å². The van der Waals surface area contributed by atoms with Gasteiger partial charge < -0.3 is 15.2 Å². The van der Waals surface area contributed by atoms with Crippen molar-refractivity contribution >= 4 is 28.8 Å². The molecule has 2 amide bonds. The second-order valence-corrected chi connectivity index (χ2v) is 8.48. The highest BCUT2D eigenvalue weighted by atomic mass is 32.1. The zero-order chi connectivity index (χ0) is 20.7. The molecule has 0 spiro atoms. The van der Waals surface area contributed by atoms with E-state index >= 15 is 0 Å². The molecule has 7 nitrogen and oxygen atoms in total. The molecule has 1 aliphatic heterocycles. The largest absolute Gasteiger partial charge is 0.333 e. The molecule has 0 bridgehead atoms. The Balaban J connectivity index is 1.43. The molecule has 0 saturated heterocycles. The highest BCUT2D eigenvalue weighted by Crippen LogP contribution is 2.29. The Morgan fingerprint density at radius 3 is 2.87 bits per heavy atom. The first kappa shape index (κ1) is 18.7. The minimum Gasteiger partial charge on any atom is -0.333 e. The highest BCUT2D eigenvalue weighted by Gasteiger charge is 2.28. The average Bonchev–Trinajstić information content (AvgIpc) is 3.45. The van der Waals surface area contributed by atoms with Crippen LogP contribution in [0, 0.1) is 0 Å². The number of aromatic amines is 1. The summed E-state index contributed by atoms with van der Waals surface area (Å²) in [7, 11) is 0. The van der Waals surface area contributed by atoms with Crippen LogP contribution in [0.25, 0.3) is 0 Å². The maximum absolute atomic E-state index is 13.1. The summed E-state index contributed by atoms with van der Waals surface area (Å²) in [5, 5.41) is 2.96. The van der Waals surface area contributed by atoms with Gasteiger partial charge in [0.1, 0.15) is 10.4 Å². The number of aromatic nitrogens is 2. The lowest BCUT2D eigenvalue weighted by Gasteiger charge is -2.29. The number of carbonyl (C=O) groups excluding carboxylic acids is 2. The Labute approximate surface area is 176 Å². The van der Waals surface area contributed by atoms with Crippen molar-refractivity contribution in [1.29, 1.82) is 0 Å². The molecule has 0 radical (unpaired) electrons. The number of rotatable bonds is 3. The Morgan fingerprint density at radius 1 is 1.13 bits per heavy atom. The van der Waals surface area contributed by atoms with E-state index in [-0.39, 0.29) is 11.5 Å². The van der Waals surface area contributed by atoms with Crippen LogP contribution >= 0.6 is 11.3 Å². The van der Waals surface area contributed by atoms with Gasteiger partial charge in [-0.05, 0) is 54.0 Å². The smallest absolute Gasteiger partial charge is 0.265 e. The molecule has 0 saturated carbocycles. The van der Waals surface area contributed by atoms with E-state index in [0.717, 1.165) is 41.6 Å². The first-order valence-corrected chi connectivity index (χ1v) is 10.8. The number of H-pyrrole nitrogens is 1. The van der Waals surface area contributed by atoms with Crippen molar-refractivity contribution in [2.24, 2.45) is 0 Å². The number of amides is 2. The topological polar surface area (TPSA) is 95.2 Å². The highest BCUT2D eigenvalue weighted by molar-refractivity contribution is 7.11. The van der Waals surface area contributed by atoms with Crippen LogP contribution in [0.1, 0.15) is 48.7 Å². The summed E-state index contributed by atoms with van der Waals surface area (Å²) in [5.41, 5.74) is 6.09. The van der Waals surface area contributed by atoms with Crippen LogP contribution in [0.4, 0.5) is 5.69 Å². The third-order valence-corrected chi connectivity index (χ3v) is 6.60. The third-order valence-electron chi connectivity index (χ3n) is 5.84. The van der Waals surface area contributed by atoms with E-state index in [2.05, 4.69) is 21.4 Å². The van der Waals surface area contributed by atoms with Crippen molar-refractivity contribution < 1.29 is 9.59 Å². The van der Waals surface area contributed by atoms with Crippen LogP contribution in [-0.4, -0.2) is 33.2 Å². The maximum Gasteiger partial charge on any atom is 0.265 e. The Kier molecular flexibility index (Phi) is 4.71. The first-order chi connectivity index (χ1) is 14.6. The number of aryl methyl sites for hydroxylation is 1. The van der Waals surface area contributed by atoms with Crippen LogP contribution in [0.15, 0.2) is 40.9 Å². The molecule has 5 rings (SSSR count). The predicted octanol–water partition coefficient (Wildman–Crippen LogP) is 2.77. The molecule has 3 heterocycles. The van der Waals surface area contributed by atoms with Crippen LogP contribution in [0.2, 0.25) is 0 Å². The summed E-state index contributed by atoms with van der Waals surface area (Å²) in [4.78, 5) is 47.2. The van der Waals surface area contributed by atoms with Crippen molar-refractivity contribution in [3.05, 3.63) is 79.2 Å². The van der Waals surface area contributed by atoms with Gasteiger partial charge in [0.05, 0.1) is 11.7 Å². The molecule has 2 aliphatic rings. The molecule has 30 heavy (non-hydrogen) atoms. The Hall–Kier alpha value is -3.26. The van der Waals surface area contributed by atoms with E-state index in [1.807, 2.05) is 12.1 Å². The van der Waals surface area contributed by atoms with Gasteiger partial charge in [-0.15, -0.1) is 11.3 Å². The molecular weight excluding hydrogens is 400 g/mol. The van der Waals surface area contributed by atoms with Crippen LogP contribution in [0.5, 0.6) is 0 Å². The zero-order valence-corrected chi connectivity index (χ0v) is 17.1. The summed E-state index contributed by atoms with van der Waals surface area (Å²) in [6.45, 7) is 0.804. The maximum atomic E-state index is 13.1. The molecule has 152 valence electrons. The van der Waals surface area contributed by atoms with Crippen LogP contribution < -0.4 is 10.9 Å². The molecule has 0 atom stereocenters. The summed E-state index contributed by atoms with van der Waals surface area (Å²) in [6.07, 6.45) is 6.66. The van der Waals surface area contributed by atoms with Crippen LogP contribution in [-0.2, 0) is 25.8 Å². The van der Waals surface area contributed by atoms with Crippen molar-refractivity contribution in [3.63, 3.8) is 0 Å². The molecule has 2 N–H and O–H groups in total. The van der Waals surface area contributed by atoms with Gasteiger partial charge in [-0.1, -0.05) is 12.1 Å². The van der Waals surface area contributed by atoms with Gasteiger partial charge in [-0.2, -0.15) is 0 Å². The number of anilines is 1. The standard InChI is InChI=1S/C22H20N4O3S/c27-20-19(21(28)25-17-6-2-4-13-3-1-5-15(13)17)16-7-8-26(11-14(16)9-24-20)22(29)18-10-23-12-30-18/h2,4,6,9-10,12H,1,3,5,7-8,11H2,(H,24,27)(H,25,28). The fourth-order valence-electron chi connectivity index (χ4n) is 4.38. The second-order valence-electron chi connectivity index (χ2n) is 7.59. The van der Waals surface area contributed by atoms with Gasteiger partial charge in [0.25, 0.3) is 17.4 Å². The molecule has 8 heteroatoms.